The SMILES string of the molecule is CC.FC(F)CCCCc1ccc2c(n1)NCCC2.O=C(O)C(c1ccccc1)N1CCCC1. The molecular formula is C27H39F2N3O2. The average molecular weight is 476 g/mol. The predicted octanol–water partition coefficient (Wildman–Crippen LogP) is 6.35. The number of unbranched alkanes of at least 4 members (excludes halogenated alkanes) is 1. The van der Waals surface area contributed by atoms with Crippen LogP contribution in [0.5, 0.6) is 0 Å². The summed E-state index contributed by atoms with van der Waals surface area (Å²) in [5.41, 5.74) is 3.16. The van der Waals surface area contributed by atoms with Crippen molar-refractivity contribution in [3.8, 4) is 0 Å². The second-order valence-electron chi connectivity index (χ2n) is 8.37. The lowest BCUT2D eigenvalue weighted by Gasteiger charge is -2.23. The molecule has 1 aromatic heterocycles. The molecule has 1 fully saturated rings. The van der Waals surface area contributed by atoms with Crippen molar-refractivity contribution in [2.45, 2.75) is 77.7 Å². The fourth-order valence-corrected chi connectivity index (χ4v) is 4.26. The van der Waals surface area contributed by atoms with Crippen LogP contribution in [0, 0.1) is 0 Å². The number of aryl methyl sites for hydroxylation is 2. The first-order valence-corrected chi connectivity index (χ1v) is 12.6. The number of benzene rings is 1. The number of aromatic nitrogens is 1. The Hall–Kier alpha value is -2.54. The van der Waals surface area contributed by atoms with Crippen LogP contribution >= 0.6 is 0 Å². The lowest BCUT2D eigenvalue weighted by molar-refractivity contribution is -0.143. The van der Waals surface area contributed by atoms with Crippen LogP contribution in [0.3, 0.4) is 0 Å². The van der Waals surface area contributed by atoms with Crippen molar-refractivity contribution in [2.75, 3.05) is 25.0 Å². The zero-order chi connectivity index (χ0) is 24.8. The van der Waals surface area contributed by atoms with E-state index in [1.54, 1.807) is 0 Å². The molecule has 1 unspecified atom stereocenters. The highest BCUT2D eigenvalue weighted by molar-refractivity contribution is 5.75. The molecule has 0 bridgehead atoms. The van der Waals surface area contributed by atoms with Gasteiger partial charge in [-0.05, 0) is 75.2 Å². The third-order valence-corrected chi connectivity index (χ3v) is 5.91. The minimum Gasteiger partial charge on any atom is -0.480 e. The van der Waals surface area contributed by atoms with E-state index in [2.05, 4.69) is 16.4 Å². The van der Waals surface area contributed by atoms with Gasteiger partial charge in [0.25, 0.3) is 0 Å². The number of alkyl halides is 2. The first kappa shape index (κ1) is 27.7. The van der Waals surface area contributed by atoms with Crippen molar-refractivity contribution in [1.82, 2.24) is 9.88 Å². The summed E-state index contributed by atoms with van der Waals surface area (Å²) in [6.45, 7) is 6.77. The summed E-state index contributed by atoms with van der Waals surface area (Å²) >= 11 is 0. The number of rotatable bonds is 8. The maximum Gasteiger partial charge on any atom is 0.325 e. The molecule has 188 valence electrons. The summed E-state index contributed by atoms with van der Waals surface area (Å²) in [4.78, 5) is 17.8. The molecular weight excluding hydrogens is 436 g/mol. The summed E-state index contributed by atoms with van der Waals surface area (Å²) in [7, 11) is 0. The van der Waals surface area contributed by atoms with Crippen LogP contribution in [0.1, 0.15) is 75.2 Å². The van der Waals surface area contributed by atoms with Gasteiger partial charge in [0.1, 0.15) is 11.9 Å². The second kappa shape index (κ2) is 15.4. The molecule has 0 radical (unpaired) electrons. The Balaban J connectivity index is 0.000000225. The molecule has 5 nitrogen and oxygen atoms in total. The molecule has 2 aliphatic rings. The summed E-state index contributed by atoms with van der Waals surface area (Å²) in [6, 6.07) is 13.1. The molecule has 1 aromatic carbocycles. The van der Waals surface area contributed by atoms with Crippen molar-refractivity contribution in [1.29, 1.82) is 0 Å². The molecule has 0 saturated carbocycles. The molecule has 34 heavy (non-hydrogen) atoms. The number of fused-ring (bicyclic) bond motifs is 1. The molecule has 7 heteroatoms. The highest BCUT2D eigenvalue weighted by Gasteiger charge is 2.28. The molecule has 2 N–H and O–H groups in total. The number of hydrogen-bond donors (Lipinski definition) is 2. The van der Waals surface area contributed by atoms with Gasteiger partial charge in [0, 0.05) is 18.7 Å². The Kier molecular flexibility index (Phi) is 12.5. The number of carboxylic acid groups (broad SMARTS) is 1. The van der Waals surface area contributed by atoms with Crippen molar-refractivity contribution in [2.24, 2.45) is 0 Å². The van der Waals surface area contributed by atoms with E-state index in [-0.39, 0.29) is 6.42 Å². The van der Waals surface area contributed by atoms with Gasteiger partial charge in [-0.15, -0.1) is 0 Å². The fraction of sp³-hybridized carbons (Fsp3) is 0.556. The minimum absolute atomic E-state index is 0.00317. The first-order valence-electron chi connectivity index (χ1n) is 12.6. The van der Waals surface area contributed by atoms with Crippen LogP contribution in [0.25, 0.3) is 0 Å². The minimum atomic E-state index is -2.17. The van der Waals surface area contributed by atoms with Crippen LogP contribution in [-0.2, 0) is 17.6 Å². The maximum absolute atomic E-state index is 12.0. The van der Waals surface area contributed by atoms with Gasteiger partial charge >= 0.3 is 5.97 Å². The smallest absolute Gasteiger partial charge is 0.325 e. The Morgan fingerprint density at radius 2 is 1.76 bits per heavy atom. The van der Waals surface area contributed by atoms with Crippen LogP contribution in [0.4, 0.5) is 14.6 Å². The first-order chi connectivity index (χ1) is 16.5. The summed E-state index contributed by atoms with van der Waals surface area (Å²) < 4.78 is 23.9. The van der Waals surface area contributed by atoms with E-state index in [1.165, 1.54) is 5.56 Å². The van der Waals surface area contributed by atoms with Crippen molar-refractivity contribution >= 4 is 11.8 Å². The Morgan fingerprint density at radius 1 is 1.06 bits per heavy atom. The van der Waals surface area contributed by atoms with Gasteiger partial charge < -0.3 is 10.4 Å². The number of anilines is 1. The predicted molar refractivity (Wildman–Crippen MR) is 134 cm³/mol. The third kappa shape index (κ3) is 9.01. The Bertz CT molecular complexity index is 843. The van der Waals surface area contributed by atoms with E-state index < -0.39 is 18.4 Å². The quantitative estimate of drug-likeness (QED) is 0.436. The highest BCUT2D eigenvalue weighted by Crippen LogP contribution is 2.25. The monoisotopic (exact) mass is 475 g/mol. The van der Waals surface area contributed by atoms with Gasteiger partial charge in [0.2, 0.25) is 6.43 Å². The normalized spacial score (nSPS) is 15.8. The number of carbonyl (C=O) groups is 1. The third-order valence-electron chi connectivity index (χ3n) is 5.91. The molecule has 3 heterocycles. The standard InChI is InChI=1S/C13H18F2N2.C12H15NO2.C2H6/c14-12(15)6-2-1-5-11-8-7-10-4-3-9-16-13(10)17-11;14-12(15)11(13-8-4-5-9-13)10-6-2-1-3-7-10;1-2/h7-8,12H,1-6,9H2,(H,16,17);1-3,6-7,11H,4-5,8-9H2,(H,14,15);1-2H3. The summed E-state index contributed by atoms with van der Waals surface area (Å²) in [5, 5.41) is 12.5. The number of halogens is 2. The number of likely N-dealkylation sites (tertiary alicyclic amines) is 1. The van der Waals surface area contributed by atoms with Gasteiger partial charge in [-0.1, -0.05) is 50.2 Å². The van der Waals surface area contributed by atoms with Crippen LogP contribution in [0.2, 0.25) is 0 Å². The van der Waals surface area contributed by atoms with E-state index in [1.807, 2.05) is 55.1 Å². The molecule has 1 atom stereocenters. The van der Waals surface area contributed by atoms with E-state index in [4.69, 9.17) is 0 Å². The lowest BCUT2D eigenvalue weighted by atomic mass is 10.1. The highest BCUT2D eigenvalue weighted by atomic mass is 19.3. The number of nitrogens with one attached hydrogen (secondary N) is 1. The van der Waals surface area contributed by atoms with Crippen molar-refractivity contribution in [3.05, 3.63) is 59.3 Å². The molecule has 2 aliphatic heterocycles. The molecule has 0 amide bonds. The molecule has 4 rings (SSSR count). The zero-order valence-electron chi connectivity index (χ0n) is 20.5. The molecule has 2 aromatic rings. The van der Waals surface area contributed by atoms with Crippen LogP contribution in [0.15, 0.2) is 42.5 Å². The van der Waals surface area contributed by atoms with Gasteiger partial charge in [-0.3, -0.25) is 9.69 Å². The molecule has 0 spiro atoms. The maximum atomic E-state index is 12.0. The van der Waals surface area contributed by atoms with E-state index in [9.17, 15) is 18.7 Å². The topological polar surface area (TPSA) is 65.5 Å². The number of aliphatic carboxylic acids is 1. The summed E-state index contributed by atoms with van der Waals surface area (Å²) in [5.74, 6) is 0.241. The Labute approximate surface area is 202 Å². The van der Waals surface area contributed by atoms with Gasteiger partial charge in [0.15, 0.2) is 0 Å². The van der Waals surface area contributed by atoms with Crippen LogP contribution in [-0.4, -0.2) is 47.0 Å². The largest absolute Gasteiger partial charge is 0.480 e. The van der Waals surface area contributed by atoms with Crippen LogP contribution < -0.4 is 5.32 Å². The number of carboxylic acids is 1. The van der Waals surface area contributed by atoms with Crippen molar-refractivity contribution in [3.63, 3.8) is 0 Å². The van der Waals surface area contributed by atoms with E-state index in [0.29, 0.717) is 6.42 Å². The fourth-order valence-electron chi connectivity index (χ4n) is 4.26. The Morgan fingerprint density at radius 3 is 2.41 bits per heavy atom. The number of pyridine rings is 1. The summed E-state index contributed by atoms with van der Waals surface area (Å²) in [6.07, 6.45) is 4.44. The van der Waals surface area contributed by atoms with Gasteiger partial charge in [-0.2, -0.15) is 0 Å². The second-order valence-corrected chi connectivity index (χ2v) is 8.37. The van der Waals surface area contributed by atoms with Gasteiger partial charge in [-0.25, -0.2) is 13.8 Å². The lowest BCUT2D eigenvalue weighted by Crippen LogP contribution is -2.31. The van der Waals surface area contributed by atoms with Gasteiger partial charge in [0.05, 0.1) is 0 Å². The zero-order valence-corrected chi connectivity index (χ0v) is 20.5. The number of hydrogen-bond acceptors (Lipinski definition) is 4. The van der Waals surface area contributed by atoms with E-state index >= 15 is 0 Å². The van der Waals surface area contributed by atoms with E-state index in [0.717, 1.165) is 75.2 Å². The molecule has 0 aliphatic carbocycles. The van der Waals surface area contributed by atoms with Crippen molar-refractivity contribution < 1.29 is 18.7 Å². The number of nitrogens with zero attached hydrogens (tertiary/aromatic N) is 2. The molecule has 1 saturated heterocycles. The average Bonchev–Trinajstić information content (AvgIpc) is 3.38.